The van der Waals surface area contributed by atoms with Crippen molar-refractivity contribution < 1.29 is 29.4 Å². The van der Waals surface area contributed by atoms with E-state index in [1.807, 2.05) is 30.3 Å². The molecule has 2 fully saturated rings. The number of phenols is 2. The van der Waals surface area contributed by atoms with E-state index in [1.54, 1.807) is 36.4 Å². The van der Waals surface area contributed by atoms with Crippen molar-refractivity contribution >= 4 is 52.1 Å². The summed E-state index contributed by atoms with van der Waals surface area (Å²) in [7, 11) is 0. The molecular formula is C40H37ClN4O6. The maximum absolute atomic E-state index is 13.3. The highest BCUT2D eigenvalue weighted by atomic mass is 35.5. The molecule has 4 aromatic rings. The number of halogens is 1. The molecule has 3 N–H and O–H groups in total. The highest BCUT2D eigenvalue weighted by Gasteiger charge is 2.44. The van der Waals surface area contributed by atoms with Gasteiger partial charge in [0.25, 0.3) is 11.8 Å². The van der Waals surface area contributed by atoms with Crippen LogP contribution in [0.3, 0.4) is 0 Å². The normalized spacial score (nSPS) is 18.5. The number of phenolic OH excluding ortho intramolecular Hbond substituents is 2. The van der Waals surface area contributed by atoms with Crippen molar-refractivity contribution in [2.45, 2.75) is 31.8 Å². The number of rotatable bonds is 9. The Morgan fingerprint density at radius 1 is 0.725 bits per heavy atom. The van der Waals surface area contributed by atoms with Gasteiger partial charge >= 0.3 is 0 Å². The number of amides is 4. The number of carbonyl (C=O) groups is 4. The lowest BCUT2D eigenvalue weighted by Gasteiger charge is -2.36. The second-order valence-corrected chi connectivity index (χ2v) is 13.4. The van der Waals surface area contributed by atoms with E-state index in [9.17, 15) is 29.4 Å². The molecule has 3 heterocycles. The molecule has 0 radical (unpaired) electrons. The molecule has 260 valence electrons. The lowest BCUT2D eigenvalue weighted by Crippen LogP contribution is -2.54. The molecule has 7 rings (SSSR count). The molecule has 0 aromatic heterocycles. The minimum Gasteiger partial charge on any atom is -0.508 e. The molecule has 1 unspecified atom stereocenters. The molecule has 4 amide bonds. The fourth-order valence-electron chi connectivity index (χ4n) is 7.19. The molecule has 1 atom stereocenters. The standard InChI is InChI=1S/C40H37ClN4O6/c41-18-17-32(26-4-10-30(46)11-5-26)37(28-6-12-31(47)13-7-28)27-2-8-29(9-3-27)44-21-19-43(20-22-44)24-25-1-14-33-34(23-25)40(51)45(39(33)50)35-15-16-36(48)42-38(35)49/h1-14,23,35,46-47H,15-22,24H2,(H,42,48,49). The van der Waals surface area contributed by atoms with Crippen LogP contribution in [0, 0.1) is 0 Å². The molecule has 2 saturated heterocycles. The van der Waals surface area contributed by atoms with Crippen molar-refractivity contribution in [2.75, 3.05) is 37.0 Å². The van der Waals surface area contributed by atoms with Crippen molar-refractivity contribution in [3.05, 3.63) is 124 Å². The van der Waals surface area contributed by atoms with Gasteiger partial charge in [0, 0.05) is 50.7 Å². The summed E-state index contributed by atoms with van der Waals surface area (Å²) >= 11 is 6.30. The molecule has 4 aromatic carbocycles. The summed E-state index contributed by atoms with van der Waals surface area (Å²) in [6, 6.07) is 27.0. The van der Waals surface area contributed by atoms with E-state index < -0.39 is 29.7 Å². The zero-order valence-corrected chi connectivity index (χ0v) is 28.6. The number of fused-ring (bicyclic) bond motifs is 1. The van der Waals surface area contributed by atoms with E-state index in [-0.39, 0.29) is 29.9 Å². The Labute approximate surface area is 300 Å². The van der Waals surface area contributed by atoms with Crippen LogP contribution in [0.25, 0.3) is 11.1 Å². The Balaban J connectivity index is 1.04. The first kappa shape index (κ1) is 34.0. The fraction of sp³-hybridized carbons (Fsp3) is 0.250. The Morgan fingerprint density at radius 2 is 1.31 bits per heavy atom. The third-order valence-electron chi connectivity index (χ3n) is 9.82. The number of nitrogens with zero attached hydrogens (tertiary/aromatic N) is 3. The van der Waals surface area contributed by atoms with Crippen LogP contribution >= 0.6 is 11.6 Å². The number of nitrogens with one attached hydrogen (secondary N) is 1. The predicted molar refractivity (Wildman–Crippen MR) is 195 cm³/mol. The van der Waals surface area contributed by atoms with E-state index in [1.165, 1.54) is 0 Å². The maximum Gasteiger partial charge on any atom is 0.262 e. The van der Waals surface area contributed by atoms with E-state index in [0.717, 1.165) is 70.2 Å². The SMILES string of the molecule is O=C1CCC(N2C(=O)c3ccc(CN4CCN(c5ccc(C(=C(CCCl)c6ccc(O)cc6)c6ccc(O)cc6)cc5)CC4)cc3C2=O)C(=O)N1. The zero-order valence-electron chi connectivity index (χ0n) is 27.8. The van der Waals surface area contributed by atoms with Crippen molar-refractivity contribution in [3.8, 4) is 11.5 Å². The van der Waals surface area contributed by atoms with Crippen LogP contribution in [-0.4, -0.2) is 81.7 Å². The summed E-state index contributed by atoms with van der Waals surface area (Å²) in [5.41, 5.74) is 7.55. The largest absolute Gasteiger partial charge is 0.508 e. The average molecular weight is 705 g/mol. The Morgan fingerprint density at radius 3 is 1.92 bits per heavy atom. The number of benzene rings is 4. The quantitative estimate of drug-likeness (QED) is 0.120. The fourth-order valence-corrected chi connectivity index (χ4v) is 7.38. The monoisotopic (exact) mass is 704 g/mol. The Kier molecular flexibility index (Phi) is 9.62. The number of piperazine rings is 1. The third kappa shape index (κ3) is 6.97. The first-order chi connectivity index (χ1) is 24.7. The van der Waals surface area contributed by atoms with Gasteiger partial charge in [-0.05, 0) is 94.8 Å². The summed E-state index contributed by atoms with van der Waals surface area (Å²) in [5, 5.41) is 22.1. The molecule has 11 heteroatoms. The summed E-state index contributed by atoms with van der Waals surface area (Å²) in [5.74, 6) is -1.22. The minimum atomic E-state index is -0.983. The van der Waals surface area contributed by atoms with Crippen LogP contribution in [0.4, 0.5) is 5.69 Å². The van der Waals surface area contributed by atoms with Crippen LogP contribution in [0.1, 0.15) is 62.2 Å². The maximum atomic E-state index is 13.3. The topological polar surface area (TPSA) is 130 Å². The third-order valence-corrected chi connectivity index (χ3v) is 10.0. The average Bonchev–Trinajstić information content (AvgIpc) is 3.38. The number of piperidine rings is 1. The van der Waals surface area contributed by atoms with Crippen molar-refractivity contribution in [1.29, 1.82) is 0 Å². The minimum absolute atomic E-state index is 0.0829. The van der Waals surface area contributed by atoms with E-state index >= 15 is 0 Å². The van der Waals surface area contributed by atoms with Gasteiger partial charge in [-0.1, -0.05) is 42.5 Å². The van der Waals surface area contributed by atoms with Crippen LogP contribution in [0.15, 0.2) is 91.0 Å². The number of carbonyl (C=O) groups excluding carboxylic acids is 4. The van der Waals surface area contributed by atoms with Crippen molar-refractivity contribution in [1.82, 2.24) is 15.1 Å². The molecule has 0 aliphatic carbocycles. The molecule has 0 saturated carbocycles. The first-order valence-electron chi connectivity index (χ1n) is 17.0. The van der Waals surface area contributed by atoms with Gasteiger partial charge in [0.05, 0.1) is 11.1 Å². The number of aromatic hydroxyl groups is 2. The zero-order chi connectivity index (χ0) is 35.6. The van der Waals surface area contributed by atoms with Crippen LogP contribution < -0.4 is 10.2 Å². The van der Waals surface area contributed by atoms with E-state index in [2.05, 4.69) is 39.4 Å². The number of allylic oxidation sites excluding steroid dienone is 1. The molecule has 0 bridgehead atoms. The number of anilines is 1. The smallest absolute Gasteiger partial charge is 0.262 e. The second kappa shape index (κ2) is 14.4. The second-order valence-electron chi connectivity index (χ2n) is 13.0. The predicted octanol–water partition coefficient (Wildman–Crippen LogP) is 5.41. The molecule has 10 nitrogen and oxygen atoms in total. The van der Waals surface area contributed by atoms with Crippen LogP contribution in [0.2, 0.25) is 0 Å². The van der Waals surface area contributed by atoms with Crippen LogP contribution in [0.5, 0.6) is 11.5 Å². The number of hydrogen-bond donors (Lipinski definition) is 3. The van der Waals surface area contributed by atoms with Crippen LogP contribution in [-0.2, 0) is 16.1 Å². The van der Waals surface area contributed by atoms with Gasteiger partial charge in [0.2, 0.25) is 11.8 Å². The van der Waals surface area contributed by atoms with Gasteiger partial charge in [-0.2, -0.15) is 0 Å². The summed E-state index contributed by atoms with van der Waals surface area (Å²) < 4.78 is 0. The highest BCUT2D eigenvalue weighted by molar-refractivity contribution is 6.23. The number of hydrogen-bond acceptors (Lipinski definition) is 8. The summed E-state index contributed by atoms with van der Waals surface area (Å²) in [6.45, 7) is 3.82. The molecule has 51 heavy (non-hydrogen) atoms. The first-order valence-corrected chi connectivity index (χ1v) is 17.5. The van der Waals surface area contributed by atoms with Gasteiger partial charge in [-0.3, -0.25) is 34.3 Å². The lowest BCUT2D eigenvalue weighted by molar-refractivity contribution is -0.136. The Hall–Kier alpha value is -5.45. The van der Waals surface area contributed by atoms with Gasteiger partial charge in [-0.15, -0.1) is 11.6 Å². The van der Waals surface area contributed by atoms with Gasteiger partial charge in [0.15, 0.2) is 0 Å². The van der Waals surface area contributed by atoms with Crippen molar-refractivity contribution in [2.24, 2.45) is 0 Å². The van der Waals surface area contributed by atoms with Crippen molar-refractivity contribution in [3.63, 3.8) is 0 Å². The van der Waals surface area contributed by atoms with Gasteiger partial charge in [0.1, 0.15) is 17.5 Å². The number of alkyl halides is 1. The summed E-state index contributed by atoms with van der Waals surface area (Å²) in [4.78, 5) is 56.0. The summed E-state index contributed by atoms with van der Waals surface area (Å²) in [6.07, 6.45) is 0.819. The van der Waals surface area contributed by atoms with Gasteiger partial charge in [-0.25, -0.2) is 0 Å². The van der Waals surface area contributed by atoms with Gasteiger partial charge < -0.3 is 15.1 Å². The molecule has 0 spiro atoms. The van der Waals surface area contributed by atoms with E-state index in [4.69, 9.17) is 11.6 Å². The number of imide groups is 2. The lowest BCUT2D eigenvalue weighted by atomic mass is 9.88. The van der Waals surface area contributed by atoms with E-state index in [0.29, 0.717) is 24.4 Å². The Bertz CT molecular complexity index is 2020. The molecular weight excluding hydrogens is 668 g/mol. The highest BCUT2D eigenvalue weighted by Crippen LogP contribution is 2.37. The molecule has 3 aliphatic rings. The molecule has 3 aliphatic heterocycles.